The van der Waals surface area contributed by atoms with Gasteiger partial charge in [0.2, 0.25) is 0 Å². The van der Waals surface area contributed by atoms with Crippen molar-refractivity contribution in [2.24, 2.45) is 0 Å². The average Bonchev–Trinajstić information content (AvgIpc) is 3.74. The standard InChI is InChI=1S/C53H36N4/c1-5-16-38(17-6-1)45-25-13-26-46(39-18-7-2-8-19-39)51(45)43-34-49(52-47(40-20-9-3-10-21-40)27-14-28-48(52)41-22-11-4-12-23-41)53-50(35-43)55-57(56-53)44-31-29-37(30-32-44)42-24-15-33-54-36-42/h1-36H. The van der Waals surface area contributed by atoms with Gasteiger partial charge in [0.25, 0.3) is 0 Å². The lowest BCUT2D eigenvalue weighted by molar-refractivity contribution is 0.766. The molecule has 57 heavy (non-hydrogen) atoms. The van der Waals surface area contributed by atoms with Crippen LogP contribution < -0.4 is 0 Å². The van der Waals surface area contributed by atoms with Crippen LogP contribution in [0.4, 0.5) is 0 Å². The Kier molecular flexibility index (Phi) is 8.82. The Morgan fingerprint density at radius 1 is 0.316 bits per heavy atom. The Balaban J connectivity index is 1.28. The summed E-state index contributed by atoms with van der Waals surface area (Å²) in [6, 6.07) is 72.8. The van der Waals surface area contributed by atoms with Gasteiger partial charge in [-0.2, -0.15) is 4.80 Å². The van der Waals surface area contributed by atoms with E-state index in [-0.39, 0.29) is 0 Å². The Bertz CT molecular complexity index is 2840. The molecule has 0 atom stereocenters. The monoisotopic (exact) mass is 728 g/mol. The number of aromatic nitrogens is 4. The van der Waals surface area contributed by atoms with Crippen molar-refractivity contribution in [2.45, 2.75) is 0 Å². The van der Waals surface area contributed by atoms with Crippen LogP contribution in [0, 0.1) is 0 Å². The van der Waals surface area contributed by atoms with E-state index in [0.29, 0.717) is 0 Å². The van der Waals surface area contributed by atoms with Crippen LogP contribution in [0.5, 0.6) is 0 Å². The molecule has 0 saturated carbocycles. The zero-order chi connectivity index (χ0) is 38.0. The van der Waals surface area contributed by atoms with E-state index in [1.165, 1.54) is 0 Å². The van der Waals surface area contributed by atoms with Crippen molar-refractivity contribution in [3.8, 4) is 83.6 Å². The van der Waals surface area contributed by atoms with Crippen molar-refractivity contribution >= 4 is 11.0 Å². The molecule has 8 aromatic carbocycles. The van der Waals surface area contributed by atoms with Gasteiger partial charge in [-0.25, -0.2) is 0 Å². The Morgan fingerprint density at radius 2 is 0.789 bits per heavy atom. The summed E-state index contributed by atoms with van der Waals surface area (Å²) in [5.41, 5.74) is 18.1. The van der Waals surface area contributed by atoms with Gasteiger partial charge in [-0.1, -0.05) is 176 Å². The number of rotatable bonds is 8. The smallest absolute Gasteiger partial charge is 0.121 e. The summed E-state index contributed by atoms with van der Waals surface area (Å²) in [5, 5.41) is 10.6. The van der Waals surface area contributed by atoms with Gasteiger partial charge in [0, 0.05) is 18.0 Å². The summed E-state index contributed by atoms with van der Waals surface area (Å²) in [6.07, 6.45) is 3.68. The molecule has 0 spiro atoms. The van der Waals surface area contributed by atoms with Crippen molar-refractivity contribution < 1.29 is 0 Å². The molecule has 4 nitrogen and oxygen atoms in total. The summed E-state index contributed by atoms with van der Waals surface area (Å²) in [6.45, 7) is 0. The fraction of sp³-hybridized carbons (Fsp3) is 0. The Hall–Kier alpha value is -7.69. The molecule has 2 aromatic heterocycles. The van der Waals surface area contributed by atoms with E-state index in [0.717, 1.165) is 94.6 Å². The molecule has 0 aliphatic carbocycles. The van der Waals surface area contributed by atoms with Gasteiger partial charge in [-0.3, -0.25) is 4.98 Å². The van der Waals surface area contributed by atoms with E-state index in [1.54, 1.807) is 11.0 Å². The molecule has 0 aliphatic heterocycles. The highest BCUT2D eigenvalue weighted by Gasteiger charge is 2.23. The summed E-state index contributed by atoms with van der Waals surface area (Å²) in [5.74, 6) is 0. The van der Waals surface area contributed by atoms with Crippen LogP contribution in [0.3, 0.4) is 0 Å². The minimum absolute atomic E-state index is 0.808. The molecule has 4 heteroatoms. The van der Waals surface area contributed by atoms with Crippen LogP contribution >= 0.6 is 0 Å². The maximum atomic E-state index is 5.32. The highest BCUT2D eigenvalue weighted by Crippen LogP contribution is 2.47. The topological polar surface area (TPSA) is 43.6 Å². The first-order valence-corrected chi connectivity index (χ1v) is 19.2. The second kappa shape index (κ2) is 14.9. The first-order chi connectivity index (χ1) is 28.3. The molecule has 10 aromatic rings. The van der Waals surface area contributed by atoms with Crippen molar-refractivity contribution in [2.75, 3.05) is 0 Å². The molecule has 10 rings (SSSR count). The van der Waals surface area contributed by atoms with E-state index in [9.17, 15) is 0 Å². The number of hydrogen-bond donors (Lipinski definition) is 0. The zero-order valence-corrected chi connectivity index (χ0v) is 31.1. The molecule has 0 N–H and O–H groups in total. The van der Waals surface area contributed by atoms with Crippen molar-refractivity contribution in [1.82, 2.24) is 20.0 Å². The number of pyridine rings is 1. The van der Waals surface area contributed by atoms with Crippen LogP contribution in [-0.4, -0.2) is 20.0 Å². The fourth-order valence-corrected chi connectivity index (χ4v) is 7.93. The minimum Gasteiger partial charge on any atom is -0.264 e. The van der Waals surface area contributed by atoms with E-state index in [2.05, 4.69) is 205 Å². The lowest BCUT2D eigenvalue weighted by Gasteiger charge is -2.20. The van der Waals surface area contributed by atoms with Gasteiger partial charge in [-0.15, -0.1) is 10.2 Å². The van der Waals surface area contributed by atoms with E-state index < -0.39 is 0 Å². The third kappa shape index (κ3) is 6.49. The maximum Gasteiger partial charge on any atom is 0.121 e. The van der Waals surface area contributed by atoms with Gasteiger partial charge in [0.1, 0.15) is 11.0 Å². The van der Waals surface area contributed by atoms with E-state index in [1.807, 2.05) is 12.3 Å². The molecular formula is C53H36N4. The summed E-state index contributed by atoms with van der Waals surface area (Å²) in [7, 11) is 0. The third-order valence-electron chi connectivity index (χ3n) is 10.6. The average molecular weight is 729 g/mol. The number of fused-ring (bicyclic) bond motifs is 1. The first-order valence-electron chi connectivity index (χ1n) is 19.2. The van der Waals surface area contributed by atoms with Crippen molar-refractivity contribution in [1.29, 1.82) is 0 Å². The number of hydrogen-bond acceptors (Lipinski definition) is 3. The van der Waals surface area contributed by atoms with Crippen LogP contribution in [0.1, 0.15) is 0 Å². The van der Waals surface area contributed by atoms with Crippen LogP contribution in [0.15, 0.2) is 219 Å². The summed E-state index contributed by atoms with van der Waals surface area (Å²) >= 11 is 0. The predicted octanol–water partition coefficient (Wildman–Crippen LogP) is 13.5. The molecule has 268 valence electrons. The molecule has 0 radical (unpaired) electrons. The lowest BCUT2D eigenvalue weighted by atomic mass is 9.83. The Labute approximate surface area is 332 Å². The first kappa shape index (κ1) is 33.8. The molecule has 0 unspecified atom stereocenters. The van der Waals surface area contributed by atoms with Crippen LogP contribution in [-0.2, 0) is 0 Å². The van der Waals surface area contributed by atoms with Crippen molar-refractivity contribution in [3.63, 3.8) is 0 Å². The third-order valence-corrected chi connectivity index (χ3v) is 10.6. The second-order valence-corrected chi connectivity index (χ2v) is 14.1. The largest absolute Gasteiger partial charge is 0.264 e. The molecular weight excluding hydrogens is 693 g/mol. The maximum absolute atomic E-state index is 5.32. The van der Waals surface area contributed by atoms with Gasteiger partial charge in [0.15, 0.2) is 0 Å². The van der Waals surface area contributed by atoms with E-state index >= 15 is 0 Å². The van der Waals surface area contributed by atoms with Crippen LogP contribution in [0.25, 0.3) is 94.6 Å². The molecule has 2 heterocycles. The quantitative estimate of drug-likeness (QED) is 0.156. The highest BCUT2D eigenvalue weighted by molar-refractivity contribution is 6.07. The Morgan fingerprint density at radius 3 is 1.26 bits per heavy atom. The van der Waals surface area contributed by atoms with Crippen LogP contribution in [0.2, 0.25) is 0 Å². The molecule has 0 fully saturated rings. The molecule has 0 bridgehead atoms. The highest BCUT2D eigenvalue weighted by atomic mass is 15.5. The van der Waals surface area contributed by atoms with Gasteiger partial charge in [-0.05, 0) is 103 Å². The van der Waals surface area contributed by atoms with Gasteiger partial charge >= 0.3 is 0 Å². The molecule has 0 saturated heterocycles. The summed E-state index contributed by atoms with van der Waals surface area (Å²) < 4.78 is 0. The number of benzene rings is 8. The SMILES string of the molecule is c1ccc(-c2cccc(-c3ccccc3)c2-c2cc(-c3c(-c4ccccc4)cccc3-c3ccccc3)c3nn(-c4ccc(-c5cccnc5)cc4)nc3c2)cc1. The normalized spacial score (nSPS) is 11.2. The van der Waals surface area contributed by atoms with E-state index in [4.69, 9.17) is 10.2 Å². The summed E-state index contributed by atoms with van der Waals surface area (Å²) in [4.78, 5) is 6.10. The number of nitrogens with zero attached hydrogens (tertiary/aromatic N) is 4. The second-order valence-electron chi connectivity index (χ2n) is 14.1. The zero-order valence-electron chi connectivity index (χ0n) is 31.1. The molecule has 0 aliphatic rings. The molecule has 0 amide bonds. The fourth-order valence-electron chi connectivity index (χ4n) is 7.93. The predicted molar refractivity (Wildman–Crippen MR) is 235 cm³/mol. The lowest BCUT2D eigenvalue weighted by Crippen LogP contribution is -1.98. The minimum atomic E-state index is 0.808. The van der Waals surface area contributed by atoms with Crippen molar-refractivity contribution in [3.05, 3.63) is 219 Å². The van der Waals surface area contributed by atoms with Gasteiger partial charge in [0.05, 0.1) is 5.69 Å². The van der Waals surface area contributed by atoms with Gasteiger partial charge < -0.3 is 0 Å².